The van der Waals surface area contributed by atoms with Crippen LogP contribution < -0.4 is 10.3 Å². The van der Waals surface area contributed by atoms with Crippen molar-refractivity contribution in [2.45, 2.75) is 6.54 Å². The Kier molecular flexibility index (Phi) is 4.81. The monoisotopic (exact) mass is 370 g/mol. The summed E-state index contributed by atoms with van der Waals surface area (Å²) in [5.41, 5.74) is 6.77. The summed E-state index contributed by atoms with van der Waals surface area (Å²) in [6.07, 6.45) is 1.66. The SMILES string of the molecule is CN(C)c1ccc(/C=N/NC(=O)Cn2c3ccccc3c3ccccc32)cc1. The number of rotatable bonds is 5. The third-order valence-corrected chi connectivity index (χ3v) is 4.79. The van der Waals surface area contributed by atoms with Crippen LogP contribution in [0.15, 0.2) is 77.9 Å². The molecule has 1 heterocycles. The first-order valence-corrected chi connectivity index (χ1v) is 9.19. The zero-order chi connectivity index (χ0) is 19.5. The van der Waals surface area contributed by atoms with Crippen molar-refractivity contribution in [2.24, 2.45) is 5.10 Å². The standard InChI is InChI=1S/C23H22N4O/c1-26(2)18-13-11-17(12-14-18)15-24-25-23(28)16-27-21-9-5-3-7-19(21)20-8-4-6-10-22(20)27/h3-15H,16H2,1-2H3,(H,25,28)/b24-15+. The maximum Gasteiger partial charge on any atom is 0.260 e. The average Bonchev–Trinajstić information content (AvgIpc) is 3.03. The van der Waals surface area contributed by atoms with Gasteiger partial charge in [0.25, 0.3) is 5.91 Å². The number of anilines is 1. The van der Waals surface area contributed by atoms with Gasteiger partial charge in [-0.1, -0.05) is 48.5 Å². The minimum Gasteiger partial charge on any atom is -0.378 e. The molecule has 0 fully saturated rings. The second kappa shape index (κ2) is 7.56. The van der Waals surface area contributed by atoms with E-state index in [1.54, 1.807) is 6.21 Å². The van der Waals surface area contributed by atoms with Gasteiger partial charge in [-0.15, -0.1) is 0 Å². The van der Waals surface area contributed by atoms with Crippen LogP contribution in [0.2, 0.25) is 0 Å². The Labute approximate surface area is 163 Å². The smallest absolute Gasteiger partial charge is 0.260 e. The molecule has 0 aliphatic rings. The molecule has 0 atom stereocenters. The van der Waals surface area contributed by atoms with Crippen LogP contribution >= 0.6 is 0 Å². The molecule has 0 saturated heterocycles. The second-order valence-corrected chi connectivity index (χ2v) is 6.90. The molecule has 5 nitrogen and oxygen atoms in total. The lowest BCUT2D eigenvalue weighted by Gasteiger charge is -2.11. The van der Waals surface area contributed by atoms with Crippen LogP contribution in [0, 0.1) is 0 Å². The predicted molar refractivity (Wildman–Crippen MR) is 116 cm³/mol. The summed E-state index contributed by atoms with van der Waals surface area (Å²) in [5.74, 6) is -0.160. The fraction of sp³-hybridized carbons (Fsp3) is 0.130. The maximum absolute atomic E-state index is 12.5. The van der Waals surface area contributed by atoms with Crippen molar-refractivity contribution in [3.8, 4) is 0 Å². The van der Waals surface area contributed by atoms with Gasteiger partial charge in [-0.2, -0.15) is 5.10 Å². The van der Waals surface area contributed by atoms with E-state index in [1.165, 1.54) is 0 Å². The molecule has 140 valence electrons. The summed E-state index contributed by atoms with van der Waals surface area (Å²) in [5, 5.41) is 6.40. The highest BCUT2D eigenvalue weighted by Crippen LogP contribution is 2.28. The van der Waals surface area contributed by atoms with E-state index in [1.807, 2.05) is 84.2 Å². The quantitative estimate of drug-likeness (QED) is 0.426. The van der Waals surface area contributed by atoms with Gasteiger partial charge < -0.3 is 9.47 Å². The topological polar surface area (TPSA) is 49.6 Å². The Balaban J connectivity index is 1.51. The highest BCUT2D eigenvalue weighted by Gasteiger charge is 2.12. The van der Waals surface area contributed by atoms with E-state index in [4.69, 9.17) is 0 Å². The summed E-state index contributed by atoms with van der Waals surface area (Å²) in [4.78, 5) is 14.5. The fourth-order valence-electron chi connectivity index (χ4n) is 3.39. The summed E-state index contributed by atoms with van der Waals surface area (Å²) < 4.78 is 2.03. The van der Waals surface area contributed by atoms with Gasteiger partial charge in [0, 0.05) is 41.6 Å². The van der Waals surface area contributed by atoms with Crippen LogP contribution in [0.3, 0.4) is 0 Å². The minimum atomic E-state index is -0.160. The maximum atomic E-state index is 12.5. The number of hydrazone groups is 1. The van der Waals surface area contributed by atoms with Gasteiger partial charge in [-0.05, 0) is 29.8 Å². The number of benzene rings is 3. The van der Waals surface area contributed by atoms with Gasteiger partial charge >= 0.3 is 0 Å². The molecule has 1 amide bonds. The lowest BCUT2D eigenvalue weighted by molar-refractivity contribution is -0.121. The molecular formula is C23H22N4O. The normalized spacial score (nSPS) is 11.4. The second-order valence-electron chi connectivity index (χ2n) is 6.90. The Morgan fingerprint density at radius 3 is 2.07 bits per heavy atom. The van der Waals surface area contributed by atoms with Gasteiger partial charge in [0.15, 0.2) is 0 Å². The third kappa shape index (κ3) is 3.47. The molecule has 4 aromatic rings. The van der Waals surface area contributed by atoms with Crippen LogP contribution in [0.1, 0.15) is 5.56 Å². The molecule has 0 unspecified atom stereocenters. The van der Waals surface area contributed by atoms with Crippen LogP contribution in [0.25, 0.3) is 21.8 Å². The van der Waals surface area contributed by atoms with Crippen molar-refractivity contribution < 1.29 is 4.79 Å². The van der Waals surface area contributed by atoms with E-state index in [9.17, 15) is 4.79 Å². The number of aromatic nitrogens is 1. The molecule has 0 bridgehead atoms. The van der Waals surface area contributed by atoms with Gasteiger partial charge in [-0.3, -0.25) is 4.79 Å². The highest BCUT2D eigenvalue weighted by atomic mass is 16.2. The van der Waals surface area contributed by atoms with Crippen LogP contribution in [-0.2, 0) is 11.3 Å². The first-order chi connectivity index (χ1) is 13.6. The molecule has 3 aromatic carbocycles. The molecule has 0 aliphatic carbocycles. The van der Waals surface area contributed by atoms with E-state index in [0.29, 0.717) is 0 Å². The largest absolute Gasteiger partial charge is 0.378 e. The number of hydrogen-bond acceptors (Lipinski definition) is 3. The van der Waals surface area contributed by atoms with Gasteiger partial charge in [0.1, 0.15) is 6.54 Å². The lowest BCUT2D eigenvalue weighted by Crippen LogP contribution is -2.23. The van der Waals surface area contributed by atoms with Crippen LogP contribution in [0.5, 0.6) is 0 Å². The molecule has 1 N–H and O–H groups in total. The summed E-state index contributed by atoms with van der Waals surface area (Å²) in [7, 11) is 4.00. The number of hydrogen-bond donors (Lipinski definition) is 1. The van der Waals surface area contributed by atoms with Crippen molar-refractivity contribution >= 4 is 39.6 Å². The fourth-order valence-corrected chi connectivity index (χ4v) is 3.39. The number of para-hydroxylation sites is 2. The predicted octanol–water partition coefficient (Wildman–Crippen LogP) is 4.01. The Bertz CT molecular complexity index is 1100. The molecular weight excluding hydrogens is 348 g/mol. The molecule has 0 saturated carbocycles. The summed E-state index contributed by atoms with van der Waals surface area (Å²) >= 11 is 0. The molecule has 28 heavy (non-hydrogen) atoms. The van der Waals surface area contributed by atoms with Crippen molar-refractivity contribution in [2.75, 3.05) is 19.0 Å². The first kappa shape index (κ1) is 17.8. The zero-order valence-electron chi connectivity index (χ0n) is 16.0. The molecule has 5 heteroatoms. The van der Waals surface area contributed by atoms with Gasteiger partial charge in [-0.25, -0.2) is 5.43 Å². The summed E-state index contributed by atoms with van der Waals surface area (Å²) in [6.45, 7) is 0.213. The molecule has 0 aliphatic heterocycles. The Morgan fingerprint density at radius 1 is 0.929 bits per heavy atom. The molecule has 4 rings (SSSR count). The van der Waals surface area contributed by atoms with E-state index >= 15 is 0 Å². The van der Waals surface area contributed by atoms with Gasteiger partial charge in [0.2, 0.25) is 0 Å². The van der Waals surface area contributed by atoms with Crippen molar-refractivity contribution in [1.29, 1.82) is 0 Å². The molecule has 0 radical (unpaired) electrons. The Hall–Kier alpha value is -3.60. The number of carbonyl (C=O) groups excluding carboxylic acids is 1. The van der Waals surface area contributed by atoms with Crippen LogP contribution in [-0.4, -0.2) is 30.8 Å². The average molecular weight is 370 g/mol. The number of amides is 1. The number of nitrogens with zero attached hydrogens (tertiary/aromatic N) is 3. The van der Waals surface area contributed by atoms with Gasteiger partial charge in [0.05, 0.1) is 6.21 Å². The first-order valence-electron chi connectivity index (χ1n) is 9.19. The Morgan fingerprint density at radius 2 is 1.50 bits per heavy atom. The lowest BCUT2D eigenvalue weighted by atomic mass is 10.2. The number of fused-ring (bicyclic) bond motifs is 3. The van der Waals surface area contributed by atoms with Crippen LogP contribution in [0.4, 0.5) is 5.69 Å². The summed E-state index contributed by atoms with van der Waals surface area (Å²) in [6, 6.07) is 24.2. The highest BCUT2D eigenvalue weighted by molar-refractivity contribution is 6.08. The number of nitrogens with one attached hydrogen (secondary N) is 1. The molecule has 0 spiro atoms. The molecule has 1 aromatic heterocycles. The third-order valence-electron chi connectivity index (χ3n) is 4.79. The van der Waals surface area contributed by atoms with Crippen molar-refractivity contribution in [3.63, 3.8) is 0 Å². The van der Waals surface area contributed by atoms with E-state index in [0.717, 1.165) is 33.1 Å². The van der Waals surface area contributed by atoms with Crippen molar-refractivity contribution in [1.82, 2.24) is 9.99 Å². The zero-order valence-corrected chi connectivity index (χ0v) is 16.0. The van der Waals surface area contributed by atoms with Crippen molar-refractivity contribution in [3.05, 3.63) is 78.4 Å². The van der Waals surface area contributed by atoms with E-state index in [-0.39, 0.29) is 12.5 Å². The minimum absolute atomic E-state index is 0.160. The van der Waals surface area contributed by atoms with E-state index < -0.39 is 0 Å². The number of carbonyl (C=O) groups is 1. The van der Waals surface area contributed by atoms with E-state index in [2.05, 4.69) is 22.7 Å².